The number of benzene rings is 1. The van der Waals surface area contributed by atoms with E-state index in [9.17, 15) is 0 Å². The van der Waals surface area contributed by atoms with E-state index in [1.54, 1.807) is 7.11 Å². The molecule has 0 saturated heterocycles. The zero-order chi connectivity index (χ0) is 13.9. The number of nitrogen functional groups attached to an aromatic ring is 1. The van der Waals surface area contributed by atoms with Crippen molar-refractivity contribution in [1.82, 2.24) is 4.90 Å². The zero-order valence-electron chi connectivity index (χ0n) is 11.7. The van der Waals surface area contributed by atoms with Gasteiger partial charge in [-0.2, -0.15) is 0 Å². The average molecular weight is 288 g/mol. The van der Waals surface area contributed by atoms with Crippen molar-refractivity contribution in [2.45, 2.75) is 32.0 Å². The first-order valence-electron chi connectivity index (χ1n) is 6.95. The molecular weight excluding hydrogens is 268 g/mol. The average Bonchev–Trinajstić information content (AvgIpc) is 3.17. The minimum atomic E-state index is 0.711. The van der Waals surface area contributed by atoms with Crippen LogP contribution in [0.15, 0.2) is 35.7 Å². The Kier molecular flexibility index (Phi) is 3.94. The number of hydrogen-bond donors (Lipinski definition) is 1. The highest BCUT2D eigenvalue weighted by molar-refractivity contribution is 7.09. The second kappa shape index (κ2) is 5.85. The monoisotopic (exact) mass is 288 g/mol. The van der Waals surface area contributed by atoms with Gasteiger partial charge in [-0.3, -0.25) is 4.90 Å². The fraction of sp³-hybridized carbons (Fsp3) is 0.375. The number of thiophene rings is 1. The van der Waals surface area contributed by atoms with E-state index in [4.69, 9.17) is 10.5 Å². The Balaban J connectivity index is 1.77. The molecule has 2 N–H and O–H groups in total. The lowest BCUT2D eigenvalue weighted by molar-refractivity contribution is 0.244. The van der Waals surface area contributed by atoms with Gasteiger partial charge in [-0.1, -0.05) is 6.07 Å². The summed E-state index contributed by atoms with van der Waals surface area (Å²) in [5.74, 6) is 0.927. The van der Waals surface area contributed by atoms with Gasteiger partial charge in [0, 0.05) is 35.3 Å². The molecule has 1 aromatic carbocycles. The van der Waals surface area contributed by atoms with Crippen LogP contribution < -0.4 is 10.5 Å². The van der Waals surface area contributed by atoms with Gasteiger partial charge in [0.1, 0.15) is 5.75 Å². The van der Waals surface area contributed by atoms with Gasteiger partial charge in [0.15, 0.2) is 0 Å². The van der Waals surface area contributed by atoms with Crippen LogP contribution in [0.1, 0.15) is 23.3 Å². The van der Waals surface area contributed by atoms with Crippen molar-refractivity contribution in [3.05, 3.63) is 46.2 Å². The molecule has 1 saturated carbocycles. The molecule has 3 rings (SSSR count). The molecule has 1 aromatic heterocycles. The Hall–Kier alpha value is -1.52. The molecule has 1 aliphatic rings. The van der Waals surface area contributed by atoms with E-state index in [1.807, 2.05) is 29.5 Å². The van der Waals surface area contributed by atoms with Gasteiger partial charge in [0.2, 0.25) is 0 Å². The summed E-state index contributed by atoms with van der Waals surface area (Å²) >= 11 is 1.82. The van der Waals surface area contributed by atoms with Gasteiger partial charge in [0.05, 0.1) is 7.11 Å². The summed E-state index contributed by atoms with van der Waals surface area (Å²) in [7, 11) is 1.72. The van der Waals surface area contributed by atoms with Gasteiger partial charge in [0.25, 0.3) is 0 Å². The van der Waals surface area contributed by atoms with E-state index in [1.165, 1.54) is 23.3 Å². The second-order valence-corrected chi connectivity index (χ2v) is 6.32. The van der Waals surface area contributed by atoms with Crippen LogP contribution in [0.3, 0.4) is 0 Å². The first-order valence-corrected chi connectivity index (χ1v) is 7.83. The Morgan fingerprint density at radius 2 is 2.15 bits per heavy atom. The minimum Gasteiger partial charge on any atom is -0.496 e. The third-order valence-corrected chi connectivity index (χ3v) is 4.54. The number of rotatable bonds is 6. The summed E-state index contributed by atoms with van der Waals surface area (Å²) in [5, 5.41) is 2.14. The van der Waals surface area contributed by atoms with E-state index in [0.717, 1.165) is 24.5 Å². The molecule has 0 unspecified atom stereocenters. The van der Waals surface area contributed by atoms with Gasteiger partial charge >= 0.3 is 0 Å². The molecule has 2 aromatic rings. The first-order chi connectivity index (χ1) is 9.76. The highest BCUT2D eigenvalue weighted by Crippen LogP contribution is 2.32. The Labute approximate surface area is 124 Å². The lowest BCUT2D eigenvalue weighted by Crippen LogP contribution is -2.25. The predicted octanol–water partition coefficient (Wildman–Crippen LogP) is 3.50. The summed E-state index contributed by atoms with van der Waals surface area (Å²) in [6, 6.07) is 10.9. The standard InChI is InChI=1S/C16H20N2OS/c1-19-16-7-4-13(17)9-12(16)10-18(14-5-6-14)11-15-3-2-8-20-15/h2-4,7-9,14H,5-6,10-11,17H2,1H3. The van der Waals surface area contributed by atoms with Crippen molar-refractivity contribution in [1.29, 1.82) is 0 Å². The molecule has 1 aliphatic carbocycles. The molecule has 0 amide bonds. The lowest BCUT2D eigenvalue weighted by atomic mass is 10.1. The maximum Gasteiger partial charge on any atom is 0.123 e. The normalized spacial score (nSPS) is 14.7. The summed E-state index contributed by atoms with van der Waals surface area (Å²) < 4.78 is 5.46. The fourth-order valence-corrected chi connectivity index (χ4v) is 3.23. The maximum atomic E-state index is 5.91. The molecule has 3 nitrogen and oxygen atoms in total. The molecule has 0 aliphatic heterocycles. The van der Waals surface area contributed by atoms with Gasteiger partial charge in [-0.15, -0.1) is 11.3 Å². The van der Waals surface area contributed by atoms with E-state index >= 15 is 0 Å². The maximum absolute atomic E-state index is 5.91. The number of anilines is 1. The van der Waals surface area contributed by atoms with E-state index in [2.05, 4.69) is 22.4 Å². The SMILES string of the molecule is COc1ccc(N)cc1CN(Cc1cccs1)C1CC1. The Morgan fingerprint density at radius 1 is 1.30 bits per heavy atom. The van der Waals surface area contributed by atoms with Crippen LogP contribution in [0.4, 0.5) is 5.69 Å². The van der Waals surface area contributed by atoms with Crippen LogP contribution in [0.25, 0.3) is 0 Å². The number of nitrogens with two attached hydrogens (primary N) is 1. The summed E-state index contributed by atoms with van der Waals surface area (Å²) in [5.41, 5.74) is 7.89. The number of methoxy groups -OCH3 is 1. The third kappa shape index (κ3) is 3.14. The van der Waals surface area contributed by atoms with Gasteiger partial charge in [-0.05, 0) is 42.5 Å². The van der Waals surface area contributed by atoms with Crippen molar-refractivity contribution in [2.75, 3.05) is 12.8 Å². The van der Waals surface area contributed by atoms with Crippen molar-refractivity contribution in [3.8, 4) is 5.75 Å². The second-order valence-electron chi connectivity index (χ2n) is 5.29. The van der Waals surface area contributed by atoms with Crippen LogP contribution >= 0.6 is 11.3 Å². The molecule has 106 valence electrons. The van der Waals surface area contributed by atoms with Crippen LogP contribution in [0.2, 0.25) is 0 Å². The number of hydrogen-bond acceptors (Lipinski definition) is 4. The van der Waals surface area contributed by atoms with Crippen LogP contribution in [-0.2, 0) is 13.1 Å². The van der Waals surface area contributed by atoms with Crippen LogP contribution in [-0.4, -0.2) is 18.1 Å². The summed E-state index contributed by atoms with van der Waals surface area (Å²) in [6.07, 6.45) is 2.60. The molecular formula is C16H20N2OS. The smallest absolute Gasteiger partial charge is 0.123 e. The van der Waals surface area contributed by atoms with Crippen LogP contribution in [0, 0.1) is 0 Å². The topological polar surface area (TPSA) is 38.5 Å². The van der Waals surface area contributed by atoms with E-state index < -0.39 is 0 Å². The minimum absolute atomic E-state index is 0.711. The predicted molar refractivity (Wildman–Crippen MR) is 84.0 cm³/mol. The highest BCUT2D eigenvalue weighted by atomic mass is 32.1. The first kappa shape index (κ1) is 13.5. The zero-order valence-corrected chi connectivity index (χ0v) is 12.5. The van der Waals surface area contributed by atoms with Gasteiger partial charge < -0.3 is 10.5 Å². The molecule has 0 atom stereocenters. The third-order valence-electron chi connectivity index (χ3n) is 3.68. The van der Waals surface area contributed by atoms with Crippen molar-refractivity contribution < 1.29 is 4.74 Å². The Bertz CT molecular complexity index is 564. The molecule has 0 radical (unpaired) electrons. The van der Waals surface area contributed by atoms with Gasteiger partial charge in [-0.25, -0.2) is 0 Å². The molecule has 20 heavy (non-hydrogen) atoms. The summed E-state index contributed by atoms with van der Waals surface area (Å²) in [6.45, 7) is 1.91. The fourth-order valence-electron chi connectivity index (χ4n) is 2.50. The van der Waals surface area contributed by atoms with Crippen molar-refractivity contribution in [3.63, 3.8) is 0 Å². The summed E-state index contributed by atoms with van der Waals surface area (Å²) in [4.78, 5) is 3.95. The highest BCUT2D eigenvalue weighted by Gasteiger charge is 2.29. The largest absolute Gasteiger partial charge is 0.496 e. The van der Waals surface area contributed by atoms with E-state index in [0.29, 0.717) is 6.04 Å². The Morgan fingerprint density at radius 3 is 2.80 bits per heavy atom. The van der Waals surface area contributed by atoms with Crippen molar-refractivity contribution >= 4 is 17.0 Å². The lowest BCUT2D eigenvalue weighted by Gasteiger charge is -2.22. The number of ether oxygens (including phenoxy) is 1. The molecule has 1 fully saturated rings. The van der Waals surface area contributed by atoms with E-state index in [-0.39, 0.29) is 0 Å². The molecule has 0 spiro atoms. The molecule has 0 bridgehead atoms. The van der Waals surface area contributed by atoms with Crippen molar-refractivity contribution in [2.24, 2.45) is 0 Å². The molecule has 1 heterocycles. The van der Waals surface area contributed by atoms with Crippen LogP contribution in [0.5, 0.6) is 5.75 Å². The number of nitrogens with zero attached hydrogens (tertiary/aromatic N) is 1. The molecule has 4 heteroatoms. The quantitative estimate of drug-likeness (QED) is 0.827.